The molecule has 3 rings (SSSR count). The third-order valence-electron chi connectivity index (χ3n) is 4.81. The lowest BCUT2D eigenvalue weighted by Gasteiger charge is -2.24. The fourth-order valence-corrected chi connectivity index (χ4v) is 2.82. The highest BCUT2D eigenvalue weighted by Gasteiger charge is 2.31. The molecule has 0 spiro atoms. The van der Waals surface area contributed by atoms with E-state index in [1.807, 2.05) is 38.1 Å². The maximum absolute atomic E-state index is 12.6. The monoisotopic (exact) mass is 319 g/mol. The van der Waals surface area contributed by atoms with Gasteiger partial charge in [-0.2, -0.15) is 0 Å². The molecular weight excluding hydrogens is 298 g/mol. The molecule has 2 aromatic rings. The number of benzene rings is 1. The number of hydrogen-bond acceptors (Lipinski definition) is 3. The zero-order chi connectivity index (χ0) is 17.2. The molecule has 0 atom stereocenters. The first-order chi connectivity index (χ1) is 11.5. The number of nitrogens with zero attached hydrogens (tertiary/aromatic N) is 3. The van der Waals surface area contributed by atoms with Gasteiger partial charge in [0, 0.05) is 17.4 Å². The number of rotatable bonds is 6. The minimum Gasteiger partial charge on any atom is -0.359 e. The zero-order valence-corrected chi connectivity index (χ0v) is 14.1. The van der Waals surface area contributed by atoms with Crippen LogP contribution in [0, 0.1) is 12.5 Å². The molecule has 0 radical (unpaired) electrons. The summed E-state index contributed by atoms with van der Waals surface area (Å²) < 4.78 is 0. The smallest absolute Gasteiger partial charge is 0.288 e. The summed E-state index contributed by atoms with van der Waals surface area (Å²) in [5.74, 6) is 1.37. The summed E-state index contributed by atoms with van der Waals surface area (Å²) in [7, 11) is 0. The number of hydrogen-bond donors (Lipinski definition) is 0. The van der Waals surface area contributed by atoms with Crippen molar-refractivity contribution >= 4 is 11.6 Å². The minimum absolute atomic E-state index is 0.284. The van der Waals surface area contributed by atoms with Gasteiger partial charge in [-0.15, -0.1) is 4.98 Å². The lowest BCUT2D eigenvalue weighted by molar-refractivity contribution is -0.123. The van der Waals surface area contributed by atoms with Gasteiger partial charge in [0.1, 0.15) is 5.78 Å². The first-order valence-corrected chi connectivity index (χ1v) is 8.34. The second-order valence-electron chi connectivity index (χ2n) is 6.98. The van der Waals surface area contributed by atoms with E-state index in [0.717, 1.165) is 23.5 Å². The van der Waals surface area contributed by atoms with E-state index in [0.29, 0.717) is 17.9 Å². The first kappa shape index (κ1) is 16.3. The van der Waals surface area contributed by atoms with E-state index in [-0.39, 0.29) is 5.82 Å². The number of carbonyl (C=O) groups is 1. The molecule has 0 aliphatic heterocycles. The summed E-state index contributed by atoms with van der Waals surface area (Å²) in [5, 5.41) is 0. The SMILES string of the molecule is [C-]#[N+]c1cncc(-c2ccc(C(C)(C)C(=O)CCC3CC3)cc2)n1. The average molecular weight is 319 g/mol. The minimum atomic E-state index is -0.475. The van der Waals surface area contributed by atoms with Crippen molar-refractivity contribution in [2.45, 2.75) is 44.9 Å². The molecule has 0 saturated heterocycles. The molecule has 0 bridgehead atoms. The Balaban J connectivity index is 1.77. The van der Waals surface area contributed by atoms with Gasteiger partial charge >= 0.3 is 0 Å². The number of aromatic nitrogens is 2. The van der Waals surface area contributed by atoms with Gasteiger partial charge in [-0.1, -0.05) is 43.7 Å². The van der Waals surface area contributed by atoms with Gasteiger partial charge in [0.25, 0.3) is 5.82 Å². The van der Waals surface area contributed by atoms with Crippen LogP contribution in [0.5, 0.6) is 0 Å². The van der Waals surface area contributed by atoms with Crippen LogP contribution in [0.4, 0.5) is 5.82 Å². The maximum atomic E-state index is 12.6. The Bertz CT molecular complexity index is 783. The summed E-state index contributed by atoms with van der Waals surface area (Å²) in [4.78, 5) is 24.2. The van der Waals surface area contributed by atoms with Gasteiger partial charge in [-0.05, 0) is 31.7 Å². The van der Waals surface area contributed by atoms with Gasteiger partial charge < -0.3 is 4.85 Å². The van der Waals surface area contributed by atoms with Crippen LogP contribution in [0.2, 0.25) is 0 Å². The molecule has 1 aromatic heterocycles. The Morgan fingerprint density at radius 1 is 1.25 bits per heavy atom. The van der Waals surface area contributed by atoms with Crippen LogP contribution in [0.1, 0.15) is 45.1 Å². The Morgan fingerprint density at radius 3 is 2.58 bits per heavy atom. The second-order valence-corrected chi connectivity index (χ2v) is 6.98. The number of ketones is 1. The Hall–Kier alpha value is -2.54. The summed E-state index contributed by atoms with van der Waals surface area (Å²) in [6.45, 7) is 11.0. The third kappa shape index (κ3) is 3.51. The molecule has 4 heteroatoms. The Labute approximate surface area is 142 Å². The standard InChI is InChI=1S/C20H21N3O/c1-20(2,18(24)11-6-14-4-5-14)16-9-7-15(8-10-16)17-12-22-13-19(21-3)23-17/h7-10,12-14H,4-6,11H2,1-2H3. The molecule has 1 fully saturated rings. The fraction of sp³-hybridized carbons (Fsp3) is 0.400. The topological polar surface area (TPSA) is 47.2 Å². The lowest BCUT2D eigenvalue weighted by Crippen LogP contribution is -2.28. The molecule has 1 aromatic carbocycles. The van der Waals surface area contributed by atoms with Gasteiger partial charge in [-0.25, -0.2) is 0 Å². The summed E-state index contributed by atoms with van der Waals surface area (Å²) in [6, 6.07) is 7.86. The summed E-state index contributed by atoms with van der Waals surface area (Å²) in [5.41, 5.74) is 2.12. The van der Waals surface area contributed by atoms with Crippen molar-refractivity contribution < 1.29 is 4.79 Å². The van der Waals surface area contributed by atoms with Crippen LogP contribution in [-0.2, 0) is 10.2 Å². The molecule has 0 unspecified atom stereocenters. The van der Waals surface area contributed by atoms with Crippen molar-refractivity contribution in [1.82, 2.24) is 9.97 Å². The van der Waals surface area contributed by atoms with Crippen molar-refractivity contribution in [3.63, 3.8) is 0 Å². The van der Waals surface area contributed by atoms with Crippen molar-refractivity contribution in [3.8, 4) is 11.3 Å². The van der Waals surface area contributed by atoms with E-state index >= 15 is 0 Å². The lowest BCUT2D eigenvalue weighted by atomic mass is 9.78. The van der Waals surface area contributed by atoms with Crippen LogP contribution in [-0.4, -0.2) is 15.8 Å². The average Bonchev–Trinajstić information content (AvgIpc) is 3.44. The maximum Gasteiger partial charge on any atom is 0.288 e. The molecule has 1 heterocycles. The predicted molar refractivity (Wildman–Crippen MR) is 93.7 cm³/mol. The van der Waals surface area contributed by atoms with E-state index in [1.165, 1.54) is 19.0 Å². The van der Waals surface area contributed by atoms with E-state index in [1.54, 1.807) is 6.20 Å². The molecule has 0 amide bonds. The quantitative estimate of drug-likeness (QED) is 0.723. The van der Waals surface area contributed by atoms with Crippen LogP contribution in [0.3, 0.4) is 0 Å². The van der Waals surface area contributed by atoms with E-state index in [4.69, 9.17) is 6.57 Å². The van der Waals surface area contributed by atoms with Crippen LogP contribution in [0.25, 0.3) is 16.1 Å². The van der Waals surface area contributed by atoms with Gasteiger partial charge in [0.15, 0.2) is 5.69 Å². The molecule has 1 aliphatic carbocycles. The van der Waals surface area contributed by atoms with Crippen molar-refractivity contribution in [1.29, 1.82) is 0 Å². The Morgan fingerprint density at radius 2 is 1.96 bits per heavy atom. The molecule has 4 nitrogen and oxygen atoms in total. The number of Topliss-reactive ketones (excluding diaryl/α,β-unsaturated/α-hetero) is 1. The molecule has 24 heavy (non-hydrogen) atoms. The van der Waals surface area contributed by atoms with Crippen molar-refractivity contribution in [2.75, 3.05) is 0 Å². The normalized spacial score (nSPS) is 14.2. The van der Waals surface area contributed by atoms with E-state index < -0.39 is 5.41 Å². The van der Waals surface area contributed by atoms with Crippen LogP contribution >= 0.6 is 0 Å². The highest BCUT2D eigenvalue weighted by atomic mass is 16.1. The van der Waals surface area contributed by atoms with Crippen molar-refractivity contribution in [2.24, 2.45) is 5.92 Å². The summed E-state index contributed by atoms with van der Waals surface area (Å²) in [6.07, 6.45) is 7.36. The van der Waals surface area contributed by atoms with Gasteiger partial charge in [0.2, 0.25) is 0 Å². The highest BCUT2D eigenvalue weighted by molar-refractivity contribution is 5.89. The van der Waals surface area contributed by atoms with Gasteiger partial charge in [0.05, 0.1) is 12.4 Å². The fourth-order valence-electron chi connectivity index (χ4n) is 2.82. The van der Waals surface area contributed by atoms with Crippen LogP contribution in [0.15, 0.2) is 36.7 Å². The molecule has 0 N–H and O–H groups in total. The molecule has 122 valence electrons. The highest BCUT2D eigenvalue weighted by Crippen LogP contribution is 2.35. The molecular formula is C20H21N3O. The second kappa shape index (κ2) is 6.52. The predicted octanol–water partition coefficient (Wildman–Crippen LogP) is 4.73. The van der Waals surface area contributed by atoms with E-state index in [2.05, 4.69) is 14.8 Å². The first-order valence-electron chi connectivity index (χ1n) is 8.34. The largest absolute Gasteiger partial charge is 0.359 e. The number of carbonyl (C=O) groups excluding carboxylic acids is 1. The van der Waals surface area contributed by atoms with E-state index in [9.17, 15) is 4.79 Å². The molecule has 1 saturated carbocycles. The van der Waals surface area contributed by atoms with Crippen LogP contribution < -0.4 is 0 Å². The summed E-state index contributed by atoms with van der Waals surface area (Å²) >= 11 is 0. The molecule has 1 aliphatic rings. The van der Waals surface area contributed by atoms with Crippen molar-refractivity contribution in [3.05, 3.63) is 53.6 Å². The van der Waals surface area contributed by atoms with Gasteiger partial charge in [-0.3, -0.25) is 9.78 Å². The zero-order valence-electron chi connectivity index (χ0n) is 14.1. The third-order valence-corrected chi connectivity index (χ3v) is 4.81. The Kier molecular flexibility index (Phi) is 4.44.